The van der Waals surface area contributed by atoms with Gasteiger partial charge in [-0.15, -0.1) is 0 Å². The maximum atomic E-state index is 12.7. The van der Waals surface area contributed by atoms with Crippen molar-refractivity contribution in [1.82, 2.24) is 13.5 Å². The summed E-state index contributed by atoms with van der Waals surface area (Å²) in [4.78, 5) is 13.2. The fraction of sp³-hybridized carbons (Fsp3) is 0.588. The molecule has 1 heterocycles. The van der Waals surface area contributed by atoms with Gasteiger partial charge in [0.1, 0.15) is 0 Å². The van der Waals surface area contributed by atoms with E-state index in [9.17, 15) is 13.2 Å². The first-order chi connectivity index (χ1) is 11.9. The minimum atomic E-state index is -3.55. The molecule has 0 N–H and O–H groups in total. The topological polar surface area (TPSA) is 70.2 Å². The molecular formula is C17H27N3O4S. The van der Waals surface area contributed by atoms with E-state index in [1.54, 1.807) is 18.9 Å². The molecule has 140 valence electrons. The quantitative estimate of drug-likeness (QED) is 0.765. The summed E-state index contributed by atoms with van der Waals surface area (Å²) in [5, 5.41) is 0. The first-order valence-electron chi connectivity index (χ1n) is 8.59. The molecular weight excluding hydrogens is 342 g/mol. The van der Waals surface area contributed by atoms with Gasteiger partial charge >= 0.3 is 6.09 Å². The fourth-order valence-electron chi connectivity index (χ4n) is 2.73. The van der Waals surface area contributed by atoms with E-state index in [4.69, 9.17) is 4.74 Å². The van der Waals surface area contributed by atoms with Gasteiger partial charge in [0.05, 0.1) is 6.61 Å². The van der Waals surface area contributed by atoms with Gasteiger partial charge in [0.25, 0.3) is 10.2 Å². The molecule has 0 bridgehead atoms. The lowest BCUT2D eigenvalue weighted by atomic mass is 10.1. The van der Waals surface area contributed by atoms with Crippen LogP contribution < -0.4 is 0 Å². The molecule has 25 heavy (non-hydrogen) atoms. The highest BCUT2D eigenvalue weighted by atomic mass is 32.2. The first kappa shape index (κ1) is 19.7. The fourth-order valence-corrected chi connectivity index (χ4v) is 4.06. The molecule has 0 saturated carbocycles. The molecule has 0 atom stereocenters. The van der Waals surface area contributed by atoms with Crippen LogP contribution in [0.1, 0.15) is 25.0 Å². The van der Waals surface area contributed by atoms with E-state index in [-0.39, 0.29) is 19.2 Å². The summed E-state index contributed by atoms with van der Waals surface area (Å²) >= 11 is 0. The first-order valence-corrected chi connectivity index (χ1v) is 9.99. The van der Waals surface area contributed by atoms with Crippen LogP contribution in [-0.4, -0.2) is 67.9 Å². The van der Waals surface area contributed by atoms with Crippen molar-refractivity contribution in [3.05, 3.63) is 35.4 Å². The van der Waals surface area contributed by atoms with E-state index < -0.39 is 10.2 Å². The number of hydrogen-bond donors (Lipinski definition) is 0. The third kappa shape index (κ3) is 4.93. The Morgan fingerprint density at radius 3 is 2.16 bits per heavy atom. The molecule has 1 aliphatic rings. The molecule has 8 heteroatoms. The largest absolute Gasteiger partial charge is 0.450 e. The third-order valence-electron chi connectivity index (χ3n) is 4.32. The van der Waals surface area contributed by atoms with E-state index in [2.05, 4.69) is 6.92 Å². The number of piperazine rings is 1. The van der Waals surface area contributed by atoms with Crippen LogP contribution in [0.25, 0.3) is 0 Å². The minimum absolute atomic E-state index is 0.278. The van der Waals surface area contributed by atoms with Crippen molar-refractivity contribution >= 4 is 16.3 Å². The number of nitrogens with zero attached hydrogens (tertiary/aromatic N) is 3. The summed E-state index contributed by atoms with van der Waals surface area (Å²) < 4.78 is 33.2. The Morgan fingerprint density at radius 1 is 1.08 bits per heavy atom. The zero-order valence-electron chi connectivity index (χ0n) is 15.1. The van der Waals surface area contributed by atoms with Gasteiger partial charge in [-0.25, -0.2) is 4.79 Å². The molecule has 1 saturated heterocycles. The summed E-state index contributed by atoms with van der Waals surface area (Å²) in [5.74, 6) is 0. The van der Waals surface area contributed by atoms with Gasteiger partial charge in [0.15, 0.2) is 0 Å². The molecule has 0 aliphatic carbocycles. The van der Waals surface area contributed by atoms with Crippen LogP contribution in [0.2, 0.25) is 0 Å². The standard InChI is InChI=1S/C17H27N3O4S/c1-4-15-6-8-16(9-7-15)14-18(3)25(22,23)20-12-10-19(11-13-20)17(21)24-5-2/h6-9H,4-5,10-14H2,1-3H3. The predicted molar refractivity (Wildman–Crippen MR) is 96.4 cm³/mol. The second kappa shape index (κ2) is 8.64. The van der Waals surface area contributed by atoms with Crippen molar-refractivity contribution in [2.75, 3.05) is 39.8 Å². The predicted octanol–water partition coefficient (Wildman–Crippen LogP) is 1.70. The van der Waals surface area contributed by atoms with Gasteiger partial charge in [0, 0.05) is 39.8 Å². The van der Waals surface area contributed by atoms with Crippen LogP contribution in [0, 0.1) is 0 Å². The number of benzene rings is 1. The van der Waals surface area contributed by atoms with Crippen molar-refractivity contribution in [1.29, 1.82) is 0 Å². The van der Waals surface area contributed by atoms with Crippen molar-refractivity contribution in [3.63, 3.8) is 0 Å². The van der Waals surface area contributed by atoms with Gasteiger partial charge in [-0.05, 0) is 24.5 Å². The summed E-state index contributed by atoms with van der Waals surface area (Å²) in [7, 11) is -1.97. The van der Waals surface area contributed by atoms with Crippen molar-refractivity contribution < 1.29 is 17.9 Å². The second-order valence-corrected chi connectivity index (χ2v) is 8.05. The van der Waals surface area contributed by atoms with E-state index in [0.29, 0.717) is 26.2 Å². The van der Waals surface area contributed by atoms with E-state index in [0.717, 1.165) is 12.0 Å². The van der Waals surface area contributed by atoms with Crippen LogP contribution in [0.15, 0.2) is 24.3 Å². The van der Waals surface area contributed by atoms with E-state index in [1.807, 2.05) is 24.3 Å². The summed E-state index contributed by atoms with van der Waals surface area (Å²) in [6, 6.07) is 7.97. The summed E-state index contributed by atoms with van der Waals surface area (Å²) in [6.45, 7) is 5.72. The van der Waals surface area contributed by atoms with Crippen LogP contribution >= 0.6 is 0 Å². The van der Waals surface area contributed by atoms with Crippen LogP contribution in [0.4, 0.5) is 4.79 Å². The van der Waals surface area contributed by atoms with Crippen LogP contribution in [0.5, 0.6) is 0 Å². The Kier molecular flexibility index (Phi) is 6.80. The van der Waals surface area contributed by atoms with Crippen LogP contribution in [0.3, 0.4) is 0 Å². The molecule has 7 nitrogen and oxygen atoms in total. The molecule has 1 fully saturated rings. The number of carbonyl (C=O) groups excluding carboxylic acids is 1. The molecule has 1 aromatic rings. The van der Waals surface area contributed by atoms with Crippen molar-refractivity contribution in [2.24, 2.45) is 0 Å². The lowest BCUT2D eigenvalue weighted by Crippen LogP contribution is -2.53. The molecule has 1 amide bonds. The number of rotatable bonds is 6. The molecule has 0 spiro atoms. The normalized spacial score (nSPS) is 16.2. The molecule has 1 aliphatic heterocycles. The van der Waals surface area contributed by atoms with Crippen molar-refractivity contribution in [2.45, 2.75) is 26.8 Å². The molecule has 0 radical (unpaired) electrons. The average molecular weight is 369 g/mol. The maximum Gasteiger partial charge on any atom is 0.409 e. The zero-order chi connectivity index (χ0) is 18.4. The molecule has 0 aromatic heterocycles. The van der Waals surface area contributed by atoms with Crippen LogP contribution in [-0.2, 0) is 27.9 Å². The summed E-state index contributed by atoms with van der Waals surface area (Å²) in [5.41, 5.74) is 2.18. The monoisotopic (exact) mass is 369 g/mol. The van der Waals surface area contributed by atoms with Gasteiger partial charge in [-0.3, -0.25) is 0 Å². The highest BCUT2D eigenvalue weighted by Crippen LogP contribution is 2.15. The van der Waals surface area contributed by atoms with E-state index >= 15 is 0 Å². The molecule has 1 aromatic carbocycles. The van der Waals surface area contributed by atoms with E-state index in [1.165, 1.54) is 14.2 Å². The summed E-state index contributed by atoms with van der Waals surface area (Å²) in [6.07, 6.45) is 0.572. The second-order valence-electron chi connectivity index (χ2n) is 6.02. The smallest absolute Gasteiger partial charge is 0.409 e. The zero-order valence-corrected chi connectivity index (χ0v) is 16.0. The van der Waals surface area contributed by atoms with Gasteiger partial charge < -0.3 is 9.64 Å². The Balaban J connectivity index is 1.95. The highest BCUT2D eigenvalue weighted by Gasteiger charge is 2.32. The Hall–Kier alpha value is -1.64. The lowest BCUT2D eigenvalue weighted by Gasteiger charge is -2.35. The average Bonchev–Trinajstić information content (AvgIpc) is 2.62. The Labute approximate surface area is 150 Å². The highest BCUT2D eigenvalue weighted by molar-refractivity contribution is 7.86. The van der Waals surface area contributed by atoms with Gasteiger partial charge in [-0.1, -0.05) is 31.2 Å². The molecule has 2 rings (SSSR count). The van der Waals surface area contributed by atoms with Crippen molar-refractivity contribution in [3.8, 4) is 0 Å². The van der Waals surface area contributed by atoms with Gasteiger partial charge in [-0.2, -0.15) is 17.0 Å². The minimum Gasteiger partial charge on any atom is -0.450 e. The SMILES string of the molecule is CCOC(=O)N1CCN(S(=O)(=O)N(C)Cc2ccc(CC)cc2)CC1. The maximum absolute atomic E-state index is 12.7. The lowest BCUT2D eigenvalue weighted by molar-refractivity contribution is 0.0925. The van der Waals surface area contributed by atoms with Gasteiger partial charge in [0.2, 0.25) is 0 Å². The number of ether oxygens (including phenoxy) is 1. The number of amides is 1. The Morgan fingerprint density at radius 2 is 1.64 bits per heavy atom. The number of hydrogen-bond acceptors (Lipinski definition) is 4. The molecule has 0 unspecified atom stereocenters. The number of carbonyl (C=O) groups is 1. The third-order valence-corrected chi connectivity index (χ3v) is 6.26. The number of aryl methyl sites for hydroxylation is 1. The Bertz CT molecular complexity index is 668.